The monoisotopic (exact) mass is 1270 g/mol. The zero-order valence-corrected chi connectivity index (χ0v) is 52.7. The second kappa shape index (κ2) is 45.6. The second-order valence-corrected chi connectivity index (χ2v) is 23.8. The van der Waals surface area contributed by atoms with Crippen LogP contribution in [0.5, 0.6) is 0 Å². The van der Waals surface area contributed by atoms with Gasteiger partial charge < -0.3 is 106 Å². The number of Topliss-reactive ketones (excluding diaryl/α,β-unsaturated/α-hetero) is 1. The van der Waals surface area contributed by atoms with E-state index >= 15 is 0 Å². The number of carbonyl (C=O) groups is 6. The van der Waals surface area contributed by atoms with E-state index < -0.39 is 129 Å². The Morgan fingerprint density at radius 2 is 0.795 bits per heavy atom. The van der Waals surface area contributed by atoms with Crippen LogP contribution in [0.4, 0.5) is 0 Å². The van der Waals surface area contributed by atoms with Crippen LogP contribution in [0.25, 0.3) is 0 Å². The maximum atomic E-state index is 14.4. The number of rotatable bonds is 48. The van der Waals surface area contributed by atoms with Crippen LogP contribution in [0.2, 0.25) is 0 Å². The lowest BCUT2D eigenvalue weighted by Crippen LogP contribution is -2.55. The summed E-state index contributed by atoms with van der Waals surface area (Å²) in [5.41, 5.74) is 0. The molecule has 0 aromatic heterocycles. The molecule has 512 valence electrons. The number of aliphatic hydroxyl groups is 9. The minimum atomic E-state index is -1.27. The summed E-state index contributed by atoms with van der Waals surface area (Å²) < 4.78 is 39.6. The average Bonchev–Trinajstić information content (AvgIpc) is 3.71. The van der Waals surface area contributed by atoms with Gasteiger partial charge >= 0.3 is 0 Å². The summed E-state index contributed by atoms with van der Waals surface area (Å²) in [5.74, 6) is -3.92. The number of hydrogen-bond acceptors (Lipinski definition) is 22. The van der Waals surface area contributed by atoms with Gasteiger partial charge in [-0.1, -0.05) is 40.5 Å². The van der Waals surface area contributed by atoms with Crippen LogP contribution < -0.4 is 26.6 Å². The number of ketones is 1. The summed E-state index contributed by atoms with van der Waals surface area (Å²) in [5, 5.41) is 105. The SMILES string of the molecule is CCCOCCCNC(=O)CCCCCNC(=O)C(CCCCNC(=O)CCCCO[C@@H]1OC(CO)[C@H](O)[C@H](O)C1C)CC(=O)C(CCCCNC(=O)CCCCO[C@@H]1OC(CO)[C@H](O)[C@H](O)C1C)NC(=O)CCCCO[C@@H]1OC(CO)[C@H](O)[C@H](O)C1C. The summed E-state index contributed by atoms with van der Waals surface area (Å²) in [6.45, 7) is 8.89. The Hall–Kier alpha value is -3.62. The van der Waals surface area contributed by atoms with Gasteiger partial charge in [0.2, 0.25) is 29.5 Å². The molecule has 3 fully saturated rings. The van der Waals surface area contributed by atoms with E-state index in [9.17, 15) is 74.7 Å². The summed E-state index contributed by atoms with van der Waals surface area (Å²) >= 11 is 0. The molecule has 0 aliphatic carbocycles. The van der Waals surface area contributed by atoms with Crippen LogP contribution >= 0.6 is 0 Å². The molecule has 3 aliphatic heterocycles. The molecule has 0 saturated carbocycles. The van der Waals surface area contributed by atoms with E-state index in [2.05, 4.69) is 26.6 Å². The lowest BCUT2D eigenvalue weighted by atomic mass is 9.91. The molecule has 27 nitrogen and oxygen atoms in total. The predicted molar refractivity (Wildman–Crippen MR) is 319 cm³/mol. The van der Waals surface area contributed by atoms with Gasteiger partial charge in [-0.15, -0.1) is 0 Å². The number of nitrogens with one attached hydrogen (secondary N) is 5. The molecule has 0 radical (unpaired) electrons. The molecule has 0 aromatic rings. The van der Waals surface area contributed by atoms with E-state index in [-0.39, 0.29) is 81.3 Å². The standard InChI is InChI=1S/C61H111N5O22/c1-5-30-82-31-19-29-64-48(71)22-7-6-13-28-65-58(81)42(20-8-14-26-62-49(72)23-10-16-32-83-59-39(2)52(75)55(78)45(36-67)86-59)35-44(70)43(66-51(74)25-12-18-34-85-61-41(4)54(77)57(80)47(38-69)88-61)21-9-15-27-63-50(73)24-11-17-33-84-60-40(3)53(76)56(79)46(37-68)87-60/h39-43,45-47,52-57,59-61,67-69,75-80H,5-38H2,1-4H3,(H,62,72)(H,63,73)(H,64,71)(H,65,81)(H,66,74)/t39?,40?,41?,42?,43?,45?,46?,47?,52-,53-,54-,55+,56+,57+,59-,60-,61-/m1/s1. The van der Waals surface area contributed by atoms with Crippen LogP contribution in [0.15, 0.2) is 0 Å². The van der Waals surface area contributed by atoms with Gasteiger partial charge in [-0.2, -0.15) is 0 Å². The molecule has 27 heteroatoms. The number of unbranched alkanes of at least 4 members (excludes halogenated alkanes) is 7. The minimum Gasteiger partial charge on any atom is -0.394 e. The van der Waals surface area contributed by atoms with Crippen LogP contribution in [0.1, 0.15) is 169 Å². The fraction of sp³-hybridized carbons (Fsp3) is 0.902. The highest BCUT2D eigenvalue weighted by atomic mass is 16.7. The van der Waals surface area contributed by atoms with Crippen molar-refractivity contribution in [1.29, 1.82) is 0 Å². The molecule has 14 N–H and O–H groups in total. The molecule has 17 atom stereocenters. The Labute approximate surface area is 519 Å². The van der Waals surface area contributed by atoms with Crippen molar-refractivity contribution in [2.45, 2.75) is 249 Å². The predicted octanol–water partition coefficient (Wildman–Crippen LogP) is 0.0151. The van der Waals surface area contributed by atoms with Crippen molar-refractivity contribution >= 4 is 35.3 Å². The summed E-state index contributed by atoms with van der Waals surface area (Å²) in [6.07, 6.45) is -3.29. The number of carbonyl (C=O) groups excluding carboxylic acids is 6. The first-order chi connectivity index (χ1) is 42.3. The quantitative estimate of drug-likeness (QED) is 0.0357. The van der Waals surface area contributed by atoms with Gasteiger partial charge in [0.05, 0.1) is 44.2 Å². The van der Waals surface area contributed by atoms with Crippen molar-refractivity contribution in [3.05, 3.63) is 0 Å². The Balaban J connectivity index is 1.57. The van der Waals surface area contributed by atoms with Gasteiger partial charge in [0.15, 0.2) is 24.7 Å². The lowest BCUT2D eigenvalue weighted by molar-refractivity contribution is -0.282. The maximum Gasteiger partial charge on any atom is 0.223 e. The van der Waals surface area contributed by atoms with Crippen LogP contribution in [-0.4, -0.2) is 240 Å². The zero-order chi connectivity index (χ0) is 64.8. The highest BCUT2D eigenvalue weighted by Crippen LogP contribution is 2.30. The minimum absolute atomic E-state index is 0.0350. The van der Waals surface area contributed by atoms with E-state index in [0.717, 1.165) is 12.8 Å². The zero-order valence-electron chi connectivity index (χ0n) is 52.7. The van der Waals surface area contributed by atoms with Crippen LogP contribution in [0, 0.1) is 23.7 Å². The smallest absolute Gasteiger partial charge is 0.223 e. The average molecular weight is 1270 g/mol. The van der Waals surface area contributed by atoms with Crippen molar-refractivity contribution in [3.63, 3.8) is 0 Å². The van der Waals surface area contributed by atoms with E-state index in [1.54, 1.807) is 20.8 Å². The fourth-order valence-electron chi connectivity index (χ4n) is 10.6. The lowest BCUT2D eigenvalue weighted by Gasteiger charge is -2.40. The molecule has 3 aliphatic rings. The van der Waals surface area contributed by atoms with Gasteiger partial charge in [0.1, 0.15) is 36.6 Å². The number of aliphatic hydroxyl groups excluding tert-OH is 9. The van der Waals surface area contributed by atoms with Gasteiger partial charge in [-0.25, -0.2) is 0 Å². The molecule has 88 heavy (non-hydrogen) atoms. The molecule has 0 aromatic carbocycles. The normalized spacial score (nSPS) is 27.9. The first kappa shape index (κ1) is 78.6. The fourth-order valence-corrected chi connectivity index (χ4v) is 10.6. The first-order valence-corrected chi connectivity index (χ1v) is 32.5. The third-order valence-electron chi connectivity index (χ3n) is 16.4. The Morgan fingerprint density at radius 1 is 0.420 bits per heavy atom. The molecule has 3 rings (SSSR count). The Kier molecular flexibility index (Phi) is 40.8. The van der Waals surface area contributed by atoms with Gasteiger partial charge in [-0.3, -0.25) is 28.8 Å². The highest BCUT2D eigenvalue weighted by molar-refractivity contribution is 5.92. The summed E-state index contributed by atoms with van der Waals surface area (Å²) in [6, 6.07) is -0.960. The Bertz CT molecular complexity index is 1940. The van der Waals surface area contributed by atoms with Crippen molar-refractivity contribution < 1.29 is 108 Å². The Morgan fingerprint density at radius 3 is 1.22 bits per heavy atom. The van der Waals surface area contributed by atoms with Crippen molar-refractivity contribution in [3.8, 4) is 0 Å². The van der Waals surface area contributed by atoms with E-state index in [1.807, 2.05) is 6.92 Å². The van der Waals surface area contributed by atoms with Gasteiger partial charge in [0.25, 0.3) is 0 Å². The van der Waals surface area contributed by atoms with Crippen molar-refractivity contribution in [1.82, 2.24) is 26.6 Å². The third-order valence-corrected chi connectivity index (χ3v) is 16.4. The van der Waals surface area contributed by atoms with Crippen LogP contribution in [-0.2, 0) is 61.9 Å². The topological polar surface area (TPSA) is 409 Å². The molecule has 3 saturated heterocycles. The molecule has 3 heterocycles. The van der Waals surface area contributed by atoms with E-state index in [4.69, 9.17) is 33.2 Å². The molecule has 0 spiro atoms. The summed E-state index contributed by atoms with van der Waals surface area (Å²) in [4.78, 5) is 79.7. The third kappa shape index (κ3) is 29.8. The van der Waals surface area contributed by atoms with E-state index in [0.29, 0.717) is 136 Å². The number of hydrogen-bond donors (Lipinski definition) is 14. The highest BCUT2D eigenvalue weighted by Gasteiger charge is 2.45. The first-order valence-electron chi connectivity index (χ1n) is 32.5. The number of ether oxygens (including phenoxy) is 7. The van der Waals surface area contributed by atoms with E-state index in [1.165, 1.54) is 0 Å². The molecule has 8 unspecified atom stereocenters. The molecular weight excluding hydrogens is 1150 g/mol. The largest absolute Gasteiger partial charge is 0.394 e. The summed E-state index contributed by atoms with van der Waals surface area (Å²) in [7, 11) is 0. The van der Waals surface area contributed by atoms with Crippen molar-refractivity contribution in [2.75, 3.05) is 79.0 Å². The molecule has 5 amide bonds. The maximum absolute atomic E-state index is 14.4. The molecule has 0 bridgehead atoms. The van der Waals surface area contributed by atoms with Crippen molar-refractivity contribution in [2.24, 2.45) is 23.7 Å². The van der Waals surface area contributed by atoms with Gasteiger partial charge in [-0.05, 0) is 96.3 Å². The van der Waals surface area contributed by atoms with Gasteiger partial charge in [0, 0.05) is 115 Å². The number of amides is 5. The van der Waals surface area contributed by atoms with Crippen LogP contribution in [0.3, 0.4) is 0 Å². The molecular formula is C61H111N5O22. The second-order valence-electron chi connectivity index (χ2n) is 23.8.